The van der Waals surface area contributed by atoms with E-state index in [1.165, 1.54) is 18.2 Å². The molecule has 1 aliphatic heterocycles. The lowest BCUT2D eigenvalue weighted by atomic mass is 10.1. The van der Waals surface area contributed by atoms with Crippen LogP contribution in [0.25, 0.3) is 0 Å². The third kappa shape index (κ3) is 5.41. The molecule has 2 heterocycles. The Morgan fingerprint density at radius 2 is 2.03 bits per heavy atom. The van der Waals surface area contributed by atoms with Crippen molar-refractivity contribution in [2.24, 2.45) is 5.92 Å². The molecule has 0 saturated carbocycles. The Morgan fingerprint density at radius 1 is 1.32 bits per heavy atom. The highest BCUT2D eigenvalue weighted by Gasteiger charge is 2.36. The molecule has 31 heavy (non-hydrogen) atoms. The fourth-order valence-electron chi connectivity index (χ4n) is 2.75. The zero-order chi connectivity index (χ0) is 22.5. The van der Waals surface area contributed by atoms with Crippen molar-refractivity contribution in [3.8, 4) is 0 Å². The number of nitro benzene ring substituents is 1. The van der Waals surface area contributed by atoms with Crippen molar-refractivity contribution in [3.05, 3.63) is 51.8 Å². The minimum Gasteiger partial charge on any atom is -0.455 e. The number of nitro groups is 1. The van der Waals surface area contributed by atoms with Crippen LogP contribution in [-0.4, -0.2) is 51.9 Å². The van der Waals surface area contributed by atoms with Crippen molar-refractivity contribution in [1.82, 2.24) is 15.6 Å². The van der Waals surface area contributed by atoms with E-state index < -0.39 is 41.1 Å². The SMILES string of the molecule is Cc1cc(NC(=O)COC(=O)[C@H]2CC(=O)N(NC(=O)c3ccc([N+](=O)[O-])cc3)C2)no1. The van der Waals surface area contributed by atoms with Gasteiger partial charge in [0.2, 0.25) is 5.91 Å². The van der Waals surface area contributed by atoms with Crippen molar-refractivity contribution < 1.29 is 33.4 Å². The standard InChI is InChI=1S/C18H17N5O8/c1-10-6-14(21-31-10)19-15(24)9-30-18(27)12-7-16(25)22(8-12)20-17(26)11-2-4-13(5-3-11)23(28)29/h2-6,12H,7-9H2,1H3,(H,20,26)(H,19,21,24)/t12-/m0/s1. The lowest BCUT2D eigenvalue weighted by molar-refractivity contribution is -0.384. The molecule has 2 N–H and O–H groups in total. The second-order valence-electron chi connectivity index (χ2n) is 6.63. The van der Waals surface area contributed by atoms with Gasteiger partial charge in [0.25, 0.3) is 17.5 Å². The molecule has 1 fully saturated rings. The van der Waals surface area contributed by atoms with Gasteiger partial charge in [-0.1, -0.05) is 5.16 Å². The molecular weight excluding hydrogens is 414 g/mol. The summed E-state index contributed by atoms with van der Waals surface area (Å²) in [5, 5.41) is 17.6. The molecule has 0 spiro atoms. The van der Waals surface area contributed by atoms with Crippen LogP contribution in [0.3, 0.4) is 0 Å². The summed E-state index contributed by atoms with van der Waals surface area (Å²) >= 11 is 0. The molecule has 0 bridgehead atoms. The summed E-state index contributed by atoms with van der Waals surface area (Å²) in [5.41, 5.74) is 2.27. The number of aryl methyl sites for hydroxylation is 1. The minimum absolute atomic E-state index is 0.101. The number of carbonyl (C=O) groups is 4. The highest BCUT2D eigenvalue weighted by Crippen LogP contribution is 2.18. The Balaban J connectivity index is 1.48. The predicted molar refractivity (Wildman–Crippen MR) is 101 cm³/mol. The number of benzene rings is 1. The normalized spacial score (nSPS) is 15.5. The highest BCUT2D eigenvalue weighted by molar-refractivity contribution is 5.97. The molecule has 1 atom stereocenters. The van der Waals surface area contributed by atoms with Crippen LogP contribution in [0.2, 0.25) is 0 Å². The molecule has 1 aromatic carbocycles. The topological polar surface area (TPSA) is 174 Å². The predicted octanol–water partition coefficient (Wildman–Crippen LogP) is 0.566. The van der Waals surface area contributed by atoms with E-state index in [-0.39, 0.29) is 30.0 Å². The van der Waals surface area contributed by atoms with E-state index in [2.05, 4.69) is 15.9 Å². The summed E-state index contributed by atoms with van der Waals surface area (Å²) in [6.07, 6.45) is -0.205. The second kappa shape index (κ2) is 9.02. The lowest BCUT2D eigenvalue weighted by Gasteiger charge is -2.17. The Bertz CT molecular complexity index is 1030. The molecule has 0 radical (unpaired) electrons. The van der Waals surface area contributed by atoms with Gasteiger partial charge in [0.05, 0.1) is 17.4 Å². The van der Waals surface area contributed by atoms with Crippen LogP contribution in [0.4, 0.5) is 11.5 Å². The van der Waals surface area contributed by atoms with Gasteiger partial charge in [-0.05, 0) is 19.1 Å². The van der Waals surface area contributed by atoms with Crippen molar-refractivity contribution in [1.29, 1.82) is 0 Å². The number of nitrogens with one attached hydrogen (secondary N) is 2. The van der Waals surface area contributed by atoms with Crippen molar-refractivity contribution in [2.75, 3.05) is 18.5 Å². The summed E-state index contributed by atoms with van der Waals surface area (Å²) in [5.74, 6) is -2.78. The number of hydrazine groups is 1. The zero-order valence-corrected chi connectivity index (χ0v) is 16.2. The van der Waals surface area contributed by atoms with Crippen LogP contribution in [0.1, 0.15) is 22.5 Å². The molecule has 0 unspecified atom stereocenters. The maximum absolute atomic E-state index is 12.2. The van der Waals surface area contributed by atoms with Crippen LogP contribution < -0.4 is 10.7 Å². The Kier molecular flexibility index (Phi) is 6.23. The quantitative estimate of drug-likeness (QED) is 0.361. The molecule has 3 rings (SSSR count). The van der Waals surface area contributed by atoms with Crippen LogP contribution >= 0.6 is 0 Å². The zero-order valence-electron chi connectivity index (χ0n) is 16.2. The number of non-ortho nitro benzene ring substituents is 1. The maximum Gasteiger partial charge on any atom is 0.311 e. The van der Waals surface area contributed by atoms with Crippen LogP contribution in [-0.2, 0) is 19.1 Å². The molecule has 162 valence electrons. The van der Waals surface area contributed by atoms with E-state index in [0.29, 0.717) is 5.76 Å². The first-order valence-corrected chi connectivity index (χ1v) is 8.98. The van der Waals surface area contributed by atoms with Crippen molar-refractivity contribution >= 4 is 35.2 Å². The Hall–Kier alpha value is -4.29. The average Bonchev–Trinajstić information content (AvgIpc) is 3.31. The number of aromatic nitrogens is 1. The fraction of sp³-hybridized carbons (Fsp3) is 0.278. The third-order valence-corrected chi connectivity index (χ3v) is 4.28. The second-order valence-corrected chi connectivity index (χ2v) is 6.63. The van der Waals surface area contributed by atoms with Crippen LogP contribution in [0, 0.1) is 23.0 Å². The number of amides is 3. The average molecular weight is 431 g/mol. The number of esters is 1. The summed E-state index contributed by atoms with van der Waals surface area (Å²) < 4.78 is 9.72. The first-order chi connectivity index (χ1) is 14.7. The first-order valence-electron chi connectivity index (χ1n) is 8.98. The first kappa shape index (κ1) is 21.4. The van der Waals surface area contributed by atoms with Gasteiger partial charge in [-0.15, -0.1) is 0 Å². The van der Waals surface area contributed by atoms with E-state index in [9.17, 15) is 29.3 Å². The van der Waals surface area contributed by atoms with Crippen molar-refractivity contribution in [2.45, 2.75) is 13.3 Å². The largest absolute Gasteiger partial charge is 0.455 e. The molecule has 0 aliphatic carbocycles. The molecule has 1 saturated heterocycles. The van der Waals surface area contributed by atoms with E-state index >= 15 is 0 Å². The van der Waals surface area contributed by atoms with Gasteiger partial charge in [-0.2, -0.15) is 0 Å². The van der Waals surface area contributed by atoms with Gasteiger partial charge in [0.1, 0.15) is 5.76 Å². The smallest absolute Gasteiger partial charge is 0.311 e. The number of hydrogen-bond acceptors (Lipinski definition) is 9. The molecule has 3 amide bonds. The van der Waals surface area contributed by atoms with Gasteiger partial charge >= 0.3 is 5.97 Å². The Labute approximate surface area is 174 Å². The highest BCUT2D eigenvalue weighted by atomic mass is 16.6. The molecule has 1 aromatic heterocycles. The molecule has 1 aliphatic rings. The van der Waals surface area contributed by atoms with Crippen molar-refractivity contribution in [3.63, 3.8) is 0 Å². The fourth-order valence-corrected chi connectivity index (χ4v) is 2.75. The number of carbonyl (C=O) groups excluding carboxylic acids is 4. The van der Waals surface area contributed by atoms with Crippen LogP contribution in [0.5, 0.6) is 0 Å². The Morgan fingerprint density at radius 3 is 2.65 bits per heavy atom. The summed E-state index contributed by atoms with van der Waals surface area (Å²) in [7, 11) is 0. The minimum atomic E-state index is -0.869. The van der Waals surface area contributed by atoms with E-state index in [1.807, 2.05) is 0 Å². The van der Waals surface area contributed by atoms with Crippen LogP contribution in [0.15, 0.2) is 34.9 Å². The number of hydrogen-bond donors (Lipinski definition) is 2. The molecule has 2 aromatic rings. The number of nitrogens with zero attached hydrogens (tertiary/aromatic N) is 3. The van der Waals surface area contributed by atoms with E-state index in [0.717, 1.165) is 17.1 Å². The summed E-state index contributed by atoms with van der Waals surface area (Å²) in [6, 6.07) is 6.29. The lowest BCUT2D eigenvalue weighted by Crippen LogP contribution is -2.43. The third-order valence-electron chi connectivity index (χ3n) is 4.28. The monoisotopic (exact) mass is 431 g/mol. The van der Waals surface area contributed by atoms with Gasteiger partial charge < -0.3 is 14.6 Å². The maximum atomic E-state index is 12.2. The van der Waals surface area contributed by atoms with E-state index in [1.54, 1.807) is 6.92 Å². The van der Waals surface area contributed by atoms with Gasteiger partial charge in [-0.3, -0.25) is 39.7 Å². The van der Waals surface area contributed by atoms with E-state index in [4.69, 9.17) is 9.26 Å². The number of ether oxygens (including phenoxy) is 1. The van der Waals surface area contributed by atoms with Gasteiger partial charge in [0.15, 0.2) is 12.4 Å². The summed E-state index contributed by atoms with van der Waals surface area (Å²) in [6.45, 7) is 0.928. The molecule has 13 heteroatoms. The van der Waals surface area contributed by atoms with Gasteiger partial charge in [-0.25, -0.2) is 0 Å². The molecular formula is C18H17N5O8. The molecule has 13 nitrogen and oxygen atoms in total. The number of rotatable bonds is 7. The number of anilines is 1. The summed E-state index contributed by atoms with van der Waals surface area (Å²) in [4.78, 5) is 58.4. The van der Waals surface area contributed by atoms with Gasteiger partial charge in [0, 0.05) is 30.2 Å².